The highest BCUT2D eigenvalue weighted by Gasteiger charge is 2.07. The van der Waals surface area contributed by atoms with E-state index in [1.165, 1.54) is 57.8 Å². The zero-order valence-electron chi connectivity index (χ0n) is 25.3. The Morgan fingerprint density at radius 2 is 1.05 bits per heavy atom. The summed E-state index contributed by atoms with van der Waals surface area (Å²) in [6, 6.07) is 14.6. The Labute approximate surface area is 264 Å². The van der Waals surface area contributed by atoms with E-state index in [4.69, 9.17) is 33.2 Å². The molecule has 0 aliphatic carbocycles. The second-order valence-electron chi connectivity index (χ2n) is 11.2. The van der Waals surface area contributed by atoms with Crippen LogP contribution in [0.5, 0.6) is 0 Å². The molecule has 0 atom stereocenters. The SMILES string of the molecule is CCCCCCCCCCCCN(CCN=c1ccn(O)c2cc(Cl)ccc12)CCN=c1ccn(O)c2cc(Cl)ccc12. The molecule has 2 aromatic heterocycles. The van der Waals surface area contributed by atoms with E-state index in [0.717, 1.165) is 57.0 Å². The molecule has 9 heteroatoms. The second-order valence-corrected chi connectivity index (χ2v) is 12.1. The monoisotopic (exact) mass is 625 g/mol. The third-order valence-electron chi connectivity index (χ3n) is 7.94. The molecule has 0 fully saturated rings. The van der Waals surface area contributed by atoms with Gasteiger partial charge in [0.15, 0.2) is 0 Å². The molecule has 4 rings (SSSR count). The molecule has 7 nitrogen and oxygen atoms in total. The van der Waals surface area contributed by atoms with Crippen LogP contribution in [0.25, 0.3) is 21.8 Å². The fourth-order valence-corrected chi connectivity index (χ4v) is 5.83. The predicted molar refractivity (Wildman–Crippen MR) is 177 cm³/mol. The first-order valence-corrected chi connectivity index (χ1v) is 16.5. The number of aromatic nitrogens is 2. The van der Waals surface area contributed by atoms with Crippen LogP contribution in [-0.2, 0) is 0 Å². The molecule has 0 bridgehead atoms. The van der Waals surface area contributed by atoms with Gasteiger partial charge in [0.1, 0.15) is 0 Å². The van der Waals surface area contributed by atoms with Crippen LogP contribution in [-0.4, -0.2) is 57.5 Å². The van der Waals surface area contributed by atoms with Crippen LogP contribution < -0.4 is 10.7 Å². The lowest BCUT2D eigenvalue weighted by Crippen LogP contribution is -2.31. The molecule has 0 saturated carbocycles. The zero-order valence-corrected chi connectivity index (χ0v) is 26.8. The van der Waals surface area contributed by atoms with Gasteiger partial charge < -0.3 is 10.4 Å². The van der Waals surface area contributed by atoms with Gasteiger partial charge >= 0.3 is 0 Å². The van der Waals surface area contributed by atoms with Gasteiger partial charge in [0.25, 0.3) is 0 Å². The standard InChI is InChI=1S/C34H45Cl2N5O2/c1-2-3-4-5-6-7-8-9-10-11-20-39(23-18-37-31-16-21-40(42)33-25-27(35)12-14-29(31)33)24-19-38-32-17-22-41(43)34-26-28(36)13-15-30(32)34/h12-17,21-22,25-26,42-43H,2-11,18-20,23-24H2,1H3. The van der Waals surface area contributed by atoms with Crippen molar-refractivity contribution in [3.8, 4) is 0 Å². The molecule has 0 amide bonds. The number of hydrogen-bond donors (Lipinski definition) is 2. The van der Waals surface area contributed by atoms with Crippen LogP contribution in [0.2, 0.25) is 10.0 Å². The number of fused-ring (bicyclic) bond motifs is 2. The van der Waals surface area contributed by atoms with Gasteiger partial charge in [-0.15, -0.1) is 0 Å². The Bertz CT molecular complexity index is 1490. The topological polar surface area (TPSA) is 78.3 Å². The molecule has 2 heterocycles. The summed E-state index contributed by atoms with van der Waals surface area (Å²) in [4.78, 5) is 12.2. The molecule has 232 valence electrons. The largest absolute Gasteiger partial charge is 0.428 e. The normalized spacial score (nSPS) is 12.7. The fourth-order valence-electron chi connectivity index (χ4n) is 5.50. The molecule has 0 radical (unpaired) electrons. The summed E-state index contributed by atoms with van der Waals surface area (Å²) in [6.45, 7) is 6.19. The second kappa shape index (κ2) is 17.3. The van der Waals surface area contributed by atoms with E-state index in [-0.39, 0.29) is 0 Å². The van der Waals surface area contributed by atoms with Gasteiger partial charge in [0.2, 0.25) is 0 Å². The molecular formula is C34H45Cl2N5O2. The van der Waals surface area contributed by atoms with Crippen molar-refractivity contribution in [1.82, 2.24) is 14.4 Å². The number of nitrogens with zero attached hydrogens (tertiary/aromatic N) is 5. The smallest absolute Gasteiger partial charge is 0.0901 e. The van der Waals surface area contributed by atoms with E-state index in [1.807, 2.05) is 36.4 Å². The number of hydrogen-bond acceptors (Lipinski definition) is 5. The summed E-state index contributed by atoms with van der Waals surface area (Å²) in [5, 5.41) is 25.0. The minimum absolute atomic E-state index is 0.571. The molecule has 2 aromatic carbocycles. The maximum absolute atomic E-state index is 10.2. The Balaban J connectivity index is 1.38. The number of halogens is 2. The quantitative estimate of drug-likeness (QED) is 0.0919. The molecule has 0 saturated heterocycles. The van der Waals surface area contributed by atoms with Crippen molar-refractivity contribution in [2.45, 2.75) is 71.1 Å². The Morgan fingerprint density at radius 1 is 0.605 bits per heavy atom. The van der Waals surface area contributed by atoms with Crippen molar-refractivity contribution >= 4 is 45.0 Å². The number of benzene rings is 2. The van der Waals surface area contributed by atoms with Gasteiger partial charge in [-0.25, -0.2) is 0 Å². The first kappa shape index (κ1) is 32.9. The zero-order chi connectivity index (χ0) is 30.4. The van der Waals surface area contributed by atoms with Crippen molar-refractivity contribution in [3.63, 3.8) is 0 Å². The lowest BCUT2D eigenvalue weighted by atomic mass is 10.1. The lowest BCUT2D eigenvalue weighted by Gasteiger charge is -2.20. The highest BCUT2D eigenvalue weighted by atomic mass is 35.5. The molecule has 0 spiro atoms. The first-order valence-electron chi connectivity index (χ1n) is 15.7. The minimum Gasteiger partial charge on any atom is -0.428 e. The van der Waals surface area contributed by atoms with Crippen molar-refractivity contribution < 1.29 is 10.4 Å². The molecule has 0 aliphatic heterocycles. The van der Waals surface area contributed by atoms with Crippen LogP contribution >= 0.6 is 23.2 Å². The van der Waals surface area contributed by atoms with Crippen LogP contribution in [0.4, 0.5) is 0 Å². The van der Waals surface area contributed by atoms with Crippen LogP contribution in [0, 0.1) is 0 Å². The van der Waals surface area contributed by atoms with E-state index in [9.17, 15) is 10.4 Å². The van der Waals surface area contributed by atoms with Crippen molar-refractivity contribution in [2.24, 2.45) is 9.98 Å². The number of rotatable bonds is 17. The Hall–Kier alpha value is -3.00. The van der Waals surface area contributed by atoms with Gasteiger partial charge in [-0.05, 0) is 61.5 Å². The van der Waals surface area contributed by atoms with E-state index < -0.39 is 0 Å². The average Bonchev–Trinajstić information content (AvgIpc) is 3.00. The Kier molecular flexibility index (Phi) is 13.3. The van der Waals surface area contributed by atoms with Crippen molar-refractivity contribution in [1.29, 1.82) is 0 Å². The molecule has 2 N–H and O–H groups in total. The highest BCUT2D eigenvalue weighted by molar-refractivity contribution is 6.31. The minimum atomic E-state index is 0.571. The van der Waals surface area contributed by atoms with Crippen LogP contribution in [0.3, 0.4) is 0 Å². The summed E-state index contributed by atoms with van der Waals surface area (Å²) in [7, 11) is 0. The third-order valence-corrected chi connectivity index (χ3v) is 8.41. The van der Waals surface area contributed by atoms with Gasteiger partial charge in [0.05, 0.1) is 34.8 Å². The van der Waals surface area contributed by atoms with Crippen LogP contribution in [0.15, 0.2) is 70.9 Å². The summed E-state index contributed by atoms with van der Waals surface area (Å²) >= 11 is 12.3. The highest BCUT2D eigenvalue weighted by Crippen LogP contribution is 2.17. The van der Waals surface area contributed by atoms with Gasteiger partial charge in [0, 0.05) is 46.3 Å². The van der Waals surface area contributed by atoms with E-state index in [0.29, 0.717) is 34.2 Å². The van der Waals surface area contributed by atoms with Crippen molar-refractivity contribution in [3.05, 3.63) is 81.7 Å². The molecule has 4 aromatic rings. The first-order chi connectivity index (χ1) is 21.0. The summed E-state index contributed by atoms with van der Waals surface area (Å²) in [6.07, 6.45) is 16.3. The number of unbranched alkanes of at least 4 members (excludes halogenated alkanes) is 9. The third kappa shape index (κ3) is 10.0. The summed E-state index contributed by atoms with van der Waals surface area (Å²) in [5.74, 6) is 0. The van der Waals surface area contributed by atoms with E-state index in [1.54, 1.807) is 24.5 Å². The molecular weight excluding hydrogens is 581 g/mol. The van der Waals surface area contributed by atoms with Crippen LogP contribution in [0.1, 0.15) is 71.1 Å². The fraction of sp³-hybridized carbons (Fsp3) is 0.471. The van der Waals surface area contributed by atoms with E-state index >= 15 is 0 Å². The predicted octanol–water partition coefficient (Wildman–Crippen LogP) is 8.10. The van der Waals surface area contributed by atoms with Gasteiger partial charge in [-0.2, -0.15) is 9.46 Å². The Morgan fingerprint density at radius 3 is 1.51 bits per heavy atom. The van der Waals surface area contributed by atoms with Crippen molar-refractivity contribution in [2.75, 3.05) is 32.7 Å². The maximum Gasteiger partial charge on any atom is 0.0901 e. The molecule has 0 aliphatic rings. The molecule has 0 unspecified atom stereocenters. The lowest BCUT2D eigenvalue weighted by molar-refractivity contribution is 0.197. The summed E-state index contributed by atoms with van der Waals surface area (Å²) < 4.78 is 2.16. The average molecular weight is 627 g/mol. The molecule has 43 heavy (non-hydrogen) atoms. The van der Waals surface area contributed by atoms with Gasteiger partial charge in [-0.3, -0.25) is 14.9 Å². The number of pyridine rings is 2. The van der Waals surface area contributed by atoms with E-state index in [2.05, 4.69) is 11.8 Å². The maximum atomic E-state index is 10.2. The summed E-state index contributed by atoms with van der Waals surface area (Å²) in [5.41, 5.74) is 1.27. The van der Waals surface area contributed by atoms with Gasteiger partial charge in [-0.1, -0.05) is 87.9 Å².